The smallest absolute Gasteiger partial charge is 0.253 e. The van der Waals surface area contributed by atoms with Gasteiger partial charge in [-0.3, -0.25) is 4.72 Å². The molecule has 0 aliphatic rings. The summed E-state index contributed by atoms with van der Waals surface area (Å²) < 4.78 is 25.9. The van der Waals surface area contributed by atoms with Crippen molar-refractivity contribution in [2.75, 3.05) is 4.72 Å². The Hall–Kier alpha value is -1.50. The minimum Gasteiger partial charge on any atom is -0.253 e. The van der Waals surface area contributed by atoms with Crippen LogP contribution in [0.15, 0.2) is 21.9 Å². The topological polar surface area (TPSA) is 95.7 Å². The number of nitrogens with zero attached hydrogens (tertiary/aromatic N) is 3. The van der Waals surface area contributed by atoms with Crippen molar-refractivity contribution in [3.8, 4) is 6.07 Å². The van der Waals surface area contributed by atoms with Crippen LogP contribution in [-0.2, 0) is 10.0 Å². The highest BCUT2D eigenvalue weighted by Gasteiger charge is 2.18. The summed E-state index contributed by atoms with van der Waals surface area (Å²) >= 11 is 1.99. The van der Waals surface area contributed by atoms with Gasteiger partial charge in [0, 0.05) is 0 Å². The first kappa shape index (κ1) is 11.0. The van der Waals surface area contributed by atoms with Gasteiger partial charge in [-0.1, -0.05) is 11.3 Å². The molecule has 0 aromatic carbocycles. The summed E-state index contributed by atoms with van der Waals surface area (Å²) in [7, 11) is -3.65. The van der Waals surface area contributed by atoms with Gasteiger partial charge in [-0.2, -0.15) is 5.26 Å². The summed E-state index contributed by atoms with van der Waals surface area (Å²) in [4.78, 5) is 0.345. The number of nitrogens with one attached hydrogen (secondary N) is 1. The van der Waals surface area contributed by atoms with Crippen LogP contribution in [0.1, 0.15) is 4.88 Å². The molecule has 2 rings (SSSR count). The van der Waals surface area contributed by atoms with Crippen molar-refractivity contribution in [3.63, 3.8) is 0 Å². The number of rotatable bonds is 3. The molecule has 0 radical (unpaired) electrons. The molecule has 0 saturated carbocycles. The van der Waals surface area contributed by atoms with E-state index in [1.165, 1.54) is 17.6 Å². The van der Waals surface area contributed by atoms with E-state index in [0.717, 1.165) is 22.7 Å². The summed E-state index contributed by atoms with van der Waals surface area (Å²) in [5, 5.41) is 15.9. The summed E-state index contributed by atoms with van der Waals surface area (Å²) in [5.41, 5.74) is 1.42. The second kappa shape index (κ2) is 4.17. The molecule has 0 aliphatic heterocycles. The van der Waals surface area contributed by atoms with Crippen LogP contribution in [0.2, 0.25) is 0 Å². The zero-order chi connectivity index (χ0) is 11.6. The minimum atomic E-state index is -3.65. The zero-order valence-corrected chi connectivity index (χ0v) is 10.1. The predicted molar refractivity (Wildman–Crippen MR) is 59.8 cm³/mol. The lowest BCUT2D eigenvalue weighted by Crippen LogP contribution is -2.11. The van der Waals surface area contributed by atoms with E-state index in [1.807, 2.05) is 6.07 Å². The Labute approximate surface area is 99.2 Å². The van der Waals surface area contributed by atoms with Crippen molar-refractivity contribution < 1.29 is 8.42 Å². The Morgan fingerprint density at radius 3 is 2.81 bits per heavy atom. The van der Waals surface area contributed by atoms with E-state index in [-0.39, 0.29) is 9.34 Å². The summed E-state index contributed by atoms with van der Waals surface area (Å²) in [6.45, 7) is 0. The molecule has 2 aromatic heterocycles. The molecule has 0 atom stereocenters. The van der Waals surface area contributed by atoms with Gasteiger partial charge in [0.15, 0.2) is 0 Å². The second-order valence-corrected chi connectivity index (χ2v) is 6.41. The van der Waals surface area contributed by atoms with Gasteiger partial charge in [-0.05, 0) is 12.1 Å². The molecule has 1 N–H and O–H groups in total. The van der Waals surface area contributed by atoms with E-state index in [9.17, 15) is 8.42 Å². The summed E-state index contributed by atoms with van der Waals surface area (Å²) in [6, 6.07) is 4.72. The molecule has 0 spiro atoms. The molecule has 0 amide bonds. The standard InChI is InChI=1S/C7H4N4O2S3/c8-3-5-1-2-6(15-5)16(12,13)11-7-10-9-4-14-7/h1-2,4H,(H,10,11). The Balaban J connectivity index is 2.29. The molecule has 82 valence electrons. The van der Waals surface area contributed by atoms with Crippen molar-refractivity contribution in [3.05, 3.63) is 22.5 Å². The second-order valence-electron chi connectivity index (χ2n) is 2.58. The van der Waals surface area contributed by atoms with Crippen molar-refractivity contribution in [2.45, 2.75) is 4.21 Å². The largest absolute Gasteiger partial charge is 0.273 e. The third kappa shape index (κ3) is 2.19. The lowest BCUT2D eigenvalue weighted by atomic mass is 10.5. The highest BCUT2D eigenvalue weighted by Crippen LogP contribution is 2.23. The monoisotopic (exact) mass is 272 g/mol. The van der Waals surface area contributed by atoms with Crippen LogP contribution in [0, 0.1) is 11.3 Å². The van der Waals surface area contributed by atoms with Crippen LogP contribution in [0.5, 0.6) is 0 Å². The number of aromatic nitrogens is 2. The van der Waals surface area contributed by atoms with Crippen molar-refractivity contribution in [1.29, 1.82) is 5.26 Å². The first-order chi connectivity index (χ1) is 7.62. The molecule has 0 saturated heterocycles. The van der Waals surface area contributed by atoms with Gasteiger partial charge in [0.25, 0.3) is 10.0 Å². The number of nitriles is 1. The van der Waals surface area contributed by atoms with Crippen LogP contribution in [0.3, 0.4) is 0 Å². The Morgan fingerprint density at radius 1 is 1.44 bits per heavy atom. The lowest BCUT2D eigenvalue weighted by molar-refractivity contribution is 0.603. The molecule has 9 heteroatoms. The molecule has 0 fully saturated rings. The summed E-state index contributed by atoms with van der Waals surface area (Å²) in [5.74, 6) is 0. The Morgan fingerprint density at radius 2 is 2.25 bits per heavy atom. The third-order valence-electron chi connectivity index (χ3n) is 1.54. The number of sulfonamides is 1. The first-order valence-corrected chi connectivity index (χ1v) is 7.09. The first-order valence-electron chi connectivity index (χ1n) is 3.91. The van der Waals surface area contributed by atoms with Gasteiger partial charge < -0.3 is 0 Å². The zero-order valence-electron chi connectivity index (χ0n) is 7.61. The van der Waals surface area contributed by atoms with Gasteiger partial charge in [0.05, 0.1) is 0 Å². The predicted octanol–water partition coefficient (Wildman–Crippen LogP) is 1.27. The van der Waals surface area contributed by atoms with E-state index in [1.54, 1.807) is 0 Å². The fraction of sp³-hybridized carbons (Fsp3) is 0. The van der Waals surface area contributed by atoms with Crippen LogP contribution >= 0.6 is 22.7 Å². The van der Waals surface area contributed by atoms with Crippen LogP contribution in [-0.4, -0.2) is 18.6 Å². The molecule has 2 heterocycles. The van der Waals surface area contributed by atoms with E-state index < -0.39 is 10.0 Å². The molecule has 2 aromatic rings. The van der Waals surface area contributed by atoms with Gasteiger partial charge >= 0.3 is 0 Å². The molecular weight excluding hydrogens is 268 g/mol. The van der Waals surface area contributed by atoms with Gasteiger partial charge in [-0.15, -0.1) is 21.5 Å². The molecule has 0 aliphatic carbocycles. The van der Waals surface area contributed by atoms with Gasteiger partial charge in [0.1, 0.15) is 20.7 Å². The molecular formula is C7H4N4O2S3. The SMILES string of the molecule is N#Cc1ccc(S(=O)(=O)Nc2nncs2)s1. The van der Waals surface area contributed by atoms with E-state index >= 15 is 0 Å². The minimum absolute atomic E-state index is 0.0826. The Bertz CT molecular complexity index is 623. The van der Waals surface area contributed by atoms with Gasteiger partial charge in [0.2, 0.25) is 5.13 Å². The van der Waals surface area contributed by atoms with Crippen LogP contribution in [0.25, 0.3) is 0 Å². The molecule has 0 unspecified atom stereocenters. The van der Waals surface area contributed by atoms with E-state index in [0.29, 0.717) is 4.88 Å². The quantitative estimate of drug-likeness (QED) is 0.907. The number of hydrogen-bond donors (Lipinski definition) is 1. The maximum absolute atomic E-state index is 11.8. The third-order valence-corrected chi connectivity index (χ3v) is 5.09. The van der Waals surface area contributed by atoms with E-state index in [2.05, 4.69) is 14.9 Å². The number of anilines is 1. The van der Waals surface area contributed by atoms with Gasteiger partial charge in [-0.25, -0.2) is 8.42 Å². The maximum atomic E-state index is 11.8. The molecule has 6 nitrogen and oxygen atoms in total. The average molecular weight is 272 g/mol. The fourth-order valence-electron chi connectivity index (χ4n) is 0.907. The molecule has 16 heavy (non-hydrogen) atoms. The van der Waals surface area contributed by atoms with Crippen molar-refractivity contribution in [2.24, 2.45) is 0 Å². The van der Waals surface area contributed by atoms with Crippen LogP contribution in [0.4, 0.5) is 5.13 Å². The highest BCUT2D eigenvalue weighted by atomic mass is 32.2. The van der Waals surface area contributed by atoms with E-state index in [4.69, 9.17) is 5.26 Å². The van der Waals surface area contributed by atoms with Crippen molar-refractivity contribution in [1.82, 2.24) is 10.2 Å². The fourth-order valence-corrected chi connectivity index (χ4v) is 3.70. The van der Waals surface area contributed by atoms with Crippen LogP contribution < -0.4 is 4.72 Å². The summed E-state index contributed by atoms with van der Waals surface area (Å²) in [6.07, 6.45) is 0. The average Bonchev–Trinajstić information content (AvgIpc) is 2.85. The lowest BCUT2D eigenvalue weighted by Gasteiger charge is -2.00. The maximum Gasteiger partial charge on any atom is 0.273 e. The number of hydrogen-bond acceptors (Lipinski definition) is 7. The molecule has 0 bridgehead atoms. The van der Waals surface area contributed by atoms with Crippen molar-refractivity contribution >= 4 is 37.8 Å². The highest BCUT2D eigenvalue weighted by molar-refractivity contribution is 7.94. The normalized spacial score (nSPS) is 10.9. The number of thiophene rings is 1. The Kier molecular flexibility index (Phi) is 2.86.